The van der Waals surface area contributed by atoms with Gasteiger partial charge in [-0.1, -0.05) is 48.1 Å². The maximum atomic E-state index is 9.19. The Hall–Kier alpha value is -0.880. The molecule has 0 aliphatic rings. The topological polar surface area (TPSA) is 28.7 Å². The molecule has 1 heterocycles. The lowest BCUT2D eigenvalue weighted by Crippen LogP contribution is -1.98. The van der Waals surface area contributed by atoms with Gasteiger partial charge in [-0.15, -0.1) is 0 Å². The second-order valence-corrected chi connectivity index (χ2v) is 5.18. The molecule has 0 saturated heterocycles. The quantitative estimate of drug-likeness (QED) is 0.759. The average molecular weight is 302 g/mol. The van der Waals surface area contributed by atoms with Gasteiger partial charge >= 0.3 is 0 Å². The third-order valence-electron chi connectivity index (χ3n) is 2.90. The number of aryl methyl sites for hydroxylation is 1. The van der Waals surface area contributed by atoms with Gasteiger partial charge in [-0.3, -0.25) is 0 Å². The van der Waals surface area contributed by atoms with E-state index in [1.165, 1.54) is 0 Å². The van der Waals surface area contributed by atoms with Gasteiger partial charge in [0, 0.05) is 11.9 Å². The summed E-state index contributed by atoms with van der Waals surface area (Å²) in [4.78, 5) is 0. The van der Waals surface area contributed by atoms with Crippen LogP contribution in [0.1, 0.15) is 25.3 Å². The fraction of sp³-hybridized carbons (Fsp3) is 0.308. The Morgan fingerprint density at radius 2 is 2.00 bits per heavy atom. The van der Waals surface area contributed by atoms with Crippen LogP contribution >= 0.6 is 34.8 Å². The number of hydrogen-bond donors (Lipinski definition) is 0. The number of fused-ring (bicyclic) bond motifs is 1. The molecule has 0 amide bonds. The van der Waals surface area contributed by atoms with Crippen LogP contribution in [0.25, 0.3) is 10.9 Å². The summed E-state index contributed by atoms with van der Waals surface area (Å²) in [5, 5.41) is 11.3. The monoisotopic (exact) mass is 300 g/mol. The zero-order valence-corrected chi connectivity index (χ0v) is 12.1. The first-order valence-corrected chi connectivity index (χ1v) is 6.81. The molecule has 0 aliphatic heterocycles. The van der Waals surface area contributed by atoms with E-state index in [2.05, 4.69) is 13.0 Å². The lowest BCUT2D eigenvalue weighted by atomic mass is 10.2. The van der Waals surface area contributed by atoms with E-state index in [1.807, 2.05) is 4.57 Å². The van der Waals surface area contributed by atoms with Crippen LogP contribution in [0.15, 0.2) is 12.1 Å². The summed E-state index contributed by atoms with van der Waals surface area (Å²) in [6.45, 7) is 2.83. The van der Waals surface area contributed by atoms with E-state index < -0.39 is 0 Å². The van der Waals surface area contributed by atoms with Crippen LogP contribution in [-0.2, 0) is 6.54 Å². The highest BCUT2D eigenvalue weighted by Gasteiger charge is 2.18. The smallest absolute Gasteiger partial charge is 0.128 e. The summed E-state index contributed by atoms with van der Waals surface area (Å²) in [6.07, 6.45) is 2.01. The van der Waals surface area contributed by atoms with Crippen LogP contribution in [0.3, 0.4) is 0 Å². The third-order valence-corrected chi connectivity index (χ3v) is 4.09. The van der Waals surface area contributed by atoms with E-state index in [0.29, 0.717) is 20.8 Å². The predicted molar refractivity (Wildman–Crippen MR) is 76.6 cm³/mol. The van der Waals surface area contributed by atoms with Crippen molar-refractivity contribution in [3.8, 4) is 6.07 Å². The fourth-order valence-corrected chi connectivity index (χ4v) is 2.71. The van der Waals surface area contributed by atoms with E-state index in [9.17, 15) is 5.26 Å². The van der Waals surface area contributed by atoms with Gasteiger partial charge in [-0.2, -0.15) is 5.26 Å². The molecule has 0 bridgehead atoms. The first kappa shape index (κ1) is 13.5. The summed E-state index contributed by atoms with van der Waals surface area (Å²) in [5.74, 6) is 0. The number of nitriles is 1. The van der Waals surface area contributed by atoms with Crippen molar-refractivity contribution in [1.82, 2.24) is 4.57 Å². The van der Waals surface area contributed by atoms with Crippen LogP contribution in [-0.4, -0.2) is 4.57 Å². The van der Waals surface area contributed by atoms with Crippen molar-refractivity contribution in [2.75, 3.05) is 0 Å². The van der Waals surface area contributed by atoms with Crippen molar-refractivity contribution < 1.29 is 0 Å². The Morgan fingerprint density at radius 1 is 1.28 bits per heavy atom. The number of nitrogens with zero attached hydrogens (tertiary/aromatic N) is 2. The van der Waals surface area contributed by atoms with Crippen LogP contribution in [0.5, 0.6) is 0 Å². The van der Waals surface area contributed by atoms with Gasteiger partial charge in [0.15, 0.2) is 0 Å². The largest absolute Gasteiger partial charge is 0.329 e. The van der Waals surface area contributed by atoms with Gasteiger partial charge < -0.3 is 4.57 Å². The summed E-state index contributed by atoms with van der Waals surface area (Å²) in [6, 6.07) is 5.60. The van der Waals surface area contributed by atoms with Crippen molar-refractivity contribution in [2.45, 2.75) is 26.3 Å². The van der Waals surface area contributed by atoms with Crippen LogP contribution in [0.2, 0.25) is 15.2 Å². The summed E-state index contributed by atoms with van der Waals surface area (Å²) >= 11 is 18.5. The van der Waals surface area contributed by atoms with E-state index in [1.54, 1.807) is 12.1 Å². The Balaban J connectivity index is 2.79. The number of rotatable bonds is 3. The molecule has 18 heavy (non-hydrogen) atoms. The molecular weight excluding hydrogens is 291 g/mol. The van der Waals surface area contributed by atoms with Crippen LogP contribution in [0.4, 0.5) is 0 Å². The molecule has 0 atom stereocenters. The Bertz CT molecular complexity index is 638. The zero-order chi connectivity index (χ0) is 13.3. The third kappa shape index (κ3) is 2.07. The Labute approximate surface area is 121 Å². The molecule has 94 valence electrons. The standard InChI is InChI=1S/C13H11Cl3N2/c1-2-3-6-18-12-8(9(7-17)13(18)16)4-5-10(14)11(12)15/h4-5H,2-3,6H2,1H3. The molecule has 0 saturated carbocycles. The normalized spacial score (nSPS) is 10.8. The number of hydrogen-bond acceptors (Lipinski definition) is 1. The molecule has 0 unspecified atom stereocenters. The van der Waals surface area contributed by atoms with Gasteiger partial charge in [0.1, 0.15) is 11.2 Å². The average Bonchev–Trinajstić information content (AvgIpc) is 2.64. The summed E-state index contributed by atoms with van der Waals surface area (Å²) in [5.41, 5.74) is 1.21. The molecule has 0 aliphatic carbocycles. The molecule has 2 nitrogen and oxygen atoms in total. The Kier molecular flexibility index (Phi) is 4.07. The fourth-order valence-electron chi connectivity index (χ4n) is 1.98. The molecule has 1 aromatic heterocycles. The van der Waals surface area contributed by atoms with Crippen molar-refractivity contribution in [3.05, 3.63) is 32.9 Å². The van der Waals surface area contributed by atoms with Crippen LogP contribution in [0, 0.1) is 11.3 Å². The first-order chi connectivity index (χ1) is 8.61. The van der Waals surface area contributed by atoms with E-state index in [4.69, 9.17) is 34.8 Å². The number of halogens is 3. The zero-order valence-electron chi connectivity index (χ0n) is 9.80. The lowest BCUT2D eigenvalue weighted by Gasteiger charge is -2.07. The minimum atomic E-state index is 0.435. The molecule has 1 aromatic carbocycles. The first-order valence-electron chi connectivity index (χ1n) is 5.67. The van der Waals surface area contributed by atoms with Gasteiger partial charge in [0.05, 0.1) is 21.1 Å². The molecule has 0 radical (unpaired) electrons. The second kappa shape index (κ2) is 5.40. The van der Waals surface area contributed by atoms with E-state index in [0.717, 1.165) is 30.3 Å². The lowest BCUT2D eigenvalue weighted by molar-refractivity contribution is 0.650. The molecule has 2 aromatic rings. The minimum Gasteiger partial charge on any atom is -0.329 e. The van der Waals surface area contributed by atoms with Crippen LogP contribution < -0.4 is 0 Å². The highest BCUT2D eigenvalue weighted by Crippen LogP contribution is 2.37. The summed E-state index contributed by atoms with van der Waals surface area (Å²) < 4.78 is 1.87. The number of aromatic nitrogens is 1. The number of benzene rings is 1. The van der Waals surface area contributed by atoms with Gasteiger partial charge in [0.25, 0.3) is 0 Å². The van der Waals surface area contributed by atoms with Crippen molar-refractivity contribution in [3.63, 3.8) is 0 Å². The molecule has 2 rings (SSSR count). The van der Waals surface area contributed by atoms with Gasteiger partial charge in [0.2, 0.25) is 0 Å². The van der Waals surface area contributed by atoms with E-state index in [-0.39, 0.29) is 0 Å². The highest BCUT2D eigenvalue weighted by atomic mass is 35.5. The molecule has 0 N–H and O–H groups in total. The molecule has 0 spiro atoms. The second-order valence-electron chi connectivity index (χ2n) is 4.04. The molecule has 5 heteroatoms. The maximum Gasteiger partial charge on any atom is 0.128 e. The van der Waals surface area contributed by atoms with Crippen molar-refractivity contribution in [1.29, 1.82) is 5.26 Å². The molecule has 0 fully saturated rings. The van der Waals surface area contributed by atoms with Crippen molar-refractivity contribution in [2.24, 2.45) is 0 Å². The highest BCUT2D eigenvalue weighted by molar-refractivity contribution is 6.45. The van der Waals surface area contributed by atoms with Gasteiger partial charge in [-0.25, -0.2) is 0 Å². The van der Waals surface area contributed by atoms with Crippen molar-refractivity contribution >= 4 is 45.7 Å². The van der Waals surface area contributed by atoms with Gasteiger partial charge in [-0.05, 0) is 18.6 Å². The summed E-state index contributed by atoms with van der Waals surface area (Å²) in [7, 11) is 0. The number of unbranched alkanes of at least 4 members (excludes halogenated alkanes) is 1. The minimum absolute atomic E-state index is 0.435. The molecular formula is C13H11Cl3N2. The maximum absolute atomic E-state index is 9.19. The predicted octanol–water partition coefficient (Wildman–Crippen LogP) is 5.27. The van der Waals surface area contributed by atoms with E-state index >= 15 is 0 Å². The SMILES string of the molecule is CCCCn1c(Cl)c(C#N)c2ccc(Cl)c(Cl)c21. The Morgan fingerprint density at radius 3 is 2.61 bits per heavy atom.